The number of rotatable bonds is 6. The van der Waals surface area contributed by atoms with Gasteiger partial charge in [0.2, 0.25) is 5.91 Å². The molecule has 0 atom stereocenters. The Labute approximate surface area is 116 Å². The van der Waals surface area contributed by atoms with E-state index in [2.05, 4.69) is 10.3 Å². The molecule has 0 aliphatic carbocycles. The standard InChI is InChI=1S/C12H16ClN3O3/c1-16(8-11(17)15-5-6-19-2)12(18)9-3-4-14-7-10(9)13/h3-4,7H,5-6,8H2,1-2H3,(H,15,17). The maximum atomic E-state index is 12.0. The molecular weight excluding hydrogens is 270 g/mol. The number of carbonyl (C=O) groups is 2. The number of pyridine rings is 1. The molecule has 0 aliphatic rings. The first-order chi connectivity index (χ1) is 9.06. The Morgan fingerprint density at radius 3 is 2.89 bits per heavy atom. The van der Waals surface area contributed by atoms with Crippen LogP contribution >= 0.6 is 11.6 Å². The maximum Gasteiger partial charge on any atom is 0.255 e. The lowest BCUT2D eigenvalue weighted by Crippen LogP contribution is -2.39. The highest BCUT2D eigenvalue weighted by molar-refractivity contribution is 6.33. The van der Waals surface area contributed by atoms with Gasteiger partial charge >= 0.3 is 0 Å². The topological polar surface area (TPSA) is 71.5 Å². The van der Waals surface area contributed by atoms with Crippen molar-refractivity contribution >= 4 is 23.4 Å². The van der Waals surface area contributed by atoms with Crippen LogP contribution in [0.4, 0.5) is 0 Å². The summed E-state index contributed by atoms with van der Waals surface area (Å²) in [5.74, 6) is -0.577. The molecule has 1 N–H and O–H groups in total. The van der Waals surface area contributed by atoms with Crippen molar-refractivity contribution in [2.24, 2.45) is 0 Å². The number of aromatic nitrogens is 1. The van der Waals surface area contributed by atoms with E-state index in [0.717, 1.165) is 0 Å². The van der Waals surface area contributed by atoms with E-state index in [1.54, 1.807) is 7.11 Å². The minimum Gasteiger partial charge on any atom is -0.383 e. The third kappa shape index (κ3) is 4.84. The molecule has 0 bridgehead atoms. The van der Waals surface area contributed by atoms with Crippen molar-refractivity contribution in [2.45, 2.75) is 0 Å². The molecule has 6 nitrogen and oxygen atoms in total. The first kappa shape index (κ1) is 15.4. The molecular formula is C12H16ClN3O3. The third-order valence-corrected chi connectivity index (χ3v) is 2.66. The Morgan fingerprint density at radius 2 is 2.26 bits per heavy atom. The van der Waals surface area contributed by atoms with Crippen LogP contribution in [-0.2, 0) is 9.53 Å². The lowest BCUT2D eigenvalue weighted by Gasteiger charge is -2.17. The molecule has 1 rings (SSSR count). The zero-order valence-electron chi connectivity index (χ0n) is 10.9. The lowest BCUT2D eigenvalue weighted by atomic mass is 10.2. The number of nitrogens with one attached hydrogen (secondary N) is 1. The SMILES string of the molecule is COCCNC(=O)CN(C)C(=O)c1ccncc1Cl. The van der Waals surface area contributed by atoms with Crippen LogP contribution in [0.5, 0.6) is 0 Å². The van der Waals surface area contributed by atoms with Gasteiger partial charge in [-0.2, -0.15) is 0 Å². The second-order valence-corrected chi connectivity index (χ2v) is 4.27. The van der Waals surface area contributed by atoms with Gasteiger partial charge in [-0.3, -0.25) is 14.6 Å². The highest BCUT2D eigenvalue weighted by atomic mass is 35.5. The number of halogens is 1. The van der Waals surface area contributed by atoms with Gasteiger partial charge in [-0.25, -0.2) is 0 Å². The summed E-state index contributed by atoms with van der Waals surface area (Å²) in [5, 5.41) is 2.90. The van der Waals surface area contributed by atoms with E-state index in [4.69, 9.17) is 16.3 Å². The van der Waals surface area contributed by atoms with Gasteiger partial charge in [0.25, 0.3) is 5.91 Å². The molecule has 1 aromatic rings. The number of nitrogens with zero attached hydrogens (tertiary/aromatic N) is 2. The molecule has 19 heavy (non-hydrogen) atoms. The van der Waals surface area contributed by atoms with E-state index in [-0.39, 0.29) is 23.4 Å². The van der Waals surface area contributed by atoms with Gasteiger partial charge in [-0.1, -0.05) is 11.6 Å². The number of carbonyl (C=O) groups excluding carboxylic acids is 2. The Balaban J connectivity index is 2.54. The summed E-state index contributed by atoms with van der Waals surface area (Å²) in [6.45, 7) is 0.800. The summed E-state index contributed by atoms with van der Waals surface area (Å²) in [6.07, 6.45) is 2.87. The van der Waals surface area contributed by atoms with Crippen LogP contribution in [0.3, 0.4) is 0 Å². The van der Waals surface area contributed by atoms with Crippen LogP contribution in [0.2, 0.25) is 5.02 Å². The van der Waals surface area contributed by atoms with Crippen molar-refractivity contribution in [1.29, 1.82) is 0 Å². The summed E-state index contributed by atoms with van der Waals surface area (Å²) in [7, 11) is 3.09. The van der Waals surface area contributed by atoms with Crippen molar-refractivity contribution < 1.29 is 14.3 Å². The molecule has 104 valence electrons. The molecule has 0 unspecified atom stereocenters. The Bertz CT molecular complexity index is 454. The van der Waals surface area contributed by atoms with Crippen LogP contribution in [0.15, 0.2) is 18.5 Å². The molecule has 0 spiro atoms. The fraction of sp³-hybridized carbons (Fsp3) is 0.417. The highest BCUT2D eigenvalue weighted by Crippen LogP contribution is 2.14. The molecule has 0 saturated heterocycles. The molecule has 7 heteroatoms. The van der Waals surface area contributed by atoms with E-state index in [9.17, 15) is 9.59 Å². The number of methoxy groups -OCH3 is 1. The molecule has 0 radical (unpaired) electrons. The molecule has 0 aromatic carbocycles. The van der Waals surface area contributed by atoms with Gasteiger partial charge in [0.05, 0.1) is 23.7 Å². The first-order valence-electron chi connectivity index (χ1n) is 5.67. The first-order valence-corrected chi connectivity index (χ1v) is 6.04. The molecule has 2 amide bonds. The number of ether oxygens (including phenoxy) is 1. The number of amides is 2. The zero-order valence-corrected chi connectivity index (χ0v) is 11.6. The second-order valence-electron chi connectivity index (χ2n) is 3.86. The molecule has 1 aromatic heterocycles. The maximum absolute atomic E-state index is 12.0. The van der Waals surface area contributed by atoms with Crippen molar-refractivity contribution in [3.05, 3.63) is 29.0 Å². The van der Waals surface area contributed by atoms with E-state index >= 15 is 0 Å². The zero-order chi connectivity index (χ0) is 14.3. The molecule has 0 fully saturated rings. The molecule has 0 aliphatic heterocycles. The van der Waals surface area contributed by atoms with Crippen LogP contribution in [0, 0.1) is 0 Å². The summed E-state index contributed by atoms with van der Waals surface area (Å²) < 4.78 is 4.81. The number of hydrogen-bond acceptors (Lipinski definition) is 4. The van der Waals surface area contributed by atoms with E-state index in [1.165, 1.54) is 30.4 Å². The van der Waals surface area contributed by atoms with Gasteiger partial charge in [-0.05, 0) is 6.07 Å². The van der Waals surface area contributed by atoms with Gasteiger partial charge in [0.15, 0.2) is 0 Å². The fourth-order valence-electron chi connectivity index (χ4n) is 1.39. The van der Waals surface area contributed by atoms with Gasteiger partial charge in [0.1, 0.15) is 0 Å². The van der Waals surface area contributed by atoms with Crippen LogP contribution in [0.25, 0.3) is 0 Å². The summed E-state index contributed by atoms with van der Waals surface area (Å²) in [4.78, 5) is 28.7. The quantitative estimate of drug-likeness (QED) is 0.776. The Hall–Kier alpha value is -1.66. The monoisotopic (exact) mass is 285 g/mol. The largest absolute Gasteiger partial charge is 0.383 e. The highest BCUT2D eigenvalue weighted by Gasteiger charge is 2.17. The molecule has 1 heterocycles. The lowest BCUT2D eigenvalue weighted by molar-refractivity contribution is -0.121. The van der Waals surface area contributed by atoms with Crippen LogP contribution < -0.4 is 5.32 Å². The van der Waals surface area contributed by atoms with E-state index in [1.807, 2.05) is 0 Å². The van der Waals surface area contributed by atoms with Crippen molar-refractivity contribution in [2.75, 3.05) is 33.9 Å². The fourth-order valence-corrected chi connectivity index (χ4v) is 1.59. The third-order valence-electron chi connectivity index (χ3n) is 2.36. The van der Waals surface area contributed by atoms with Gasteiger partial charge < -0.3 is 15.0 Å². The van der Waals surface area contributed by atoms with Crippen LogP contribution in [0.1, 0.15) is 10.4 Å². The van der Waals surface area contributed by atoms with Crippen molar-refractivity contribution in [3.8, 4) is 0 Å². The minimum atomic E-state index is -0.325. The average molecular weight is 286 g/mol. The second kappa shape index (κ2) is 7.70. The Kier molecular flexibility index (Phi) is 6.24. The molecule has 0 saturated carbocycles. The predicted octanol–water partition coefficient (Wildman–Crippen LogP) is 0.570. The average Bonchev–Trinajstić information content (AvgIpc) is 2.38. The van der Waals surface area contributed by atoms with Crippen molar-refractivity contribution in [1.82, 2.24) is 15.2 Å². The van der Waals surface area contributed by atoms with Crippen molar-refractivity contribution in [3.63, 3.8) is 0 Å². The summed E-state index contributed by atoms with van der Waals surface area (Å²) >= 11 is 5.88. The predicted molar refractivity (Wildman–Crippen MR) is 71.1 cm³/mol. The van der Waals surface area contributed by atoms with E-state index < -0.39 is 0 Å². The number of likely N-dealkylation sites (N-methyl/N-ethyl adjacent to an activating group) is 1. The smallest absolute Gasteiger partial charge is 0.255 e. The van der Waals surface area contributed by atoms with Gasteiger partial charge in [-0.15, -0.1) is 0 Å². The van der Waals surface area contributed by atoms with E-state index in [0.29, 0.717) is 18.7 Å². The summed E-state index contributed by atoms with van der Waals surface area (Å²) in [5.41, 5.74) is 0.323. The summed E-state index contributed by atoms with van der Waals surface area (Å²) in [6, 6.07) is 1.52. The van der Waals surface area contributed by atoms with Gasteiger partial charge in [0, 0.05) is 33.1 Å². The number of hydrogen-bond donors (Lipinski definition) is 1. The Morgan fingerprint density at radius 1 is 1.53 bits per heavy atom. The normalized spacial score (nSPS) is 10.1. The minimum absolute atomic E-state index is 0.0405. The van der Waals surface area contributed by atoms with Crippen LogP contribution in [-0.4, -0.2) is 55.6 Å².